The smallest absolute Gasteiger partial charge is 0.262 e. The van der Waals surface area contributed by atoms with Crippen LogP contribution in [-0.2, 0) is 17.1 Å². The Morgan fingerprint density at radius 3 is 2.52 bits per heavy atom. The molecule has 0 radical (unpaired) electrons. The highest BCUT2D eigenvalue weighted by atomic mass is 32.2. The van der Waals surface area contributed by atoms with Crippen molar-refractivity contribution in [2.45, 2.75) is 4.90 Å². The van der Waals surface area contributed by atoms with Crippen LogP contribution in [-0.4, -0.2) is 23.1 Å². The van der Waals surface area contributed by atoms with Crippen molar-refractivity contribution in [3.63, 3.8) is 0 Å². The minimum Gasteiger partial charge on any atom is -0.262 e. The number of sulfonamides is 1. The summed E-state index contributed by atoms with van der Waals surface area (Å²) in [6.07, 6.45) is 1.23. The molecule has 1 heterocycles. The van der Waals surface area contributed by atoms with Gasteiger partial charge in [0.05, 0.1) is 16.0 Å². The van der Waals surface area contributed by atoms with E-state index in [0.29, 0.717) is 0 Å². The molecule has 21 heavy (non-hydrogen) atoms. The molecule has 0 bridgehead atoms. The summed E-state index contributed by atoms with van der Waals surface area (Å²) >= 11 is 0. The fourth-order valence-corrected chi connectivity index (χ4v) is 2.68. The Morgan fingerprint density at radius 2 is 2.00 bits per heavy atom. The normalized spacial score (nSPS) is 10.9. The number of hydrogen-bond acceptors (Lipinski definition) is 6. The van der Waals surface area contributed by atoms with Crippen LogP contribution in [0.3, 0.4) is 0 Å². The molecule has 9 nitrogen and oxygen atoms in total. The molecule has 2 rings (SSSR count). The third-order valence-electron chi connectivity index (χ3n) is 2.65. The number of aromatic nitrogens is 2. The van der Waals surface area contributed by atoms with Crippen LogP contribution < -0.4 is 4.72 Å². The molecule has 0 fully saturated rings. The van der Waals surface area contributed by atoms with Gasteiger partial charge >= 0.3 is 0 Å². The number of nitriles is 1. The summed E-state index contributed by atoms with van der Waals surface area (Å²) in [6.45, 7) is 0. The average molecular weight is 307 g/mol. The fraction of sp³-hybridized carbons (Fsp3) is 0.0909. The van der Waals surface area contributed by atoms with Gasteiger partial charge in [0.2, 0.25) is 0 Å². The standard InChI is InChI=1S/C11H9N5O4S/c1-15-11(8(6-12)7-13-15)14-21(19,20)10-4-2-9(3-5-10)16(17)18/h2-5,7,14H,1H3. The summed E-state index contributed by atoms with van der Waals surface area (Å²) in [5.41, 5.74) is -0.143. The number of aryl methyl sites for hydroxylation is 1. The number of hydrogen-bond donors (Lipinski definition) is 1. The maximum absolute atomic E-state index is 12.2. The van der Waals surface area contributed by atoms with Crippen molar-refractivity contribution in [3.05, 3.63) is 46.1 Å². The summed E-state index contributed by atoms with van der Waals surface area (Å²) in [5, 5.41) is 23.2. The molecule has 0 saturated carbocycles. The average Bonchev–Trinajstić information content (AvgIpc) is 2.79. The monoisotopic (exact) mass is 307 g/mol. The quantitative estimate of drug-likeness (QED) is 0.662. The Labute approximate surface area is 119 Å². The van der Waals surface area contributed by atoms with Crippen LogP contribution in [0, 0.1) is 21.4 Å². The second-order valence-corrected chi connectivity index (χ2v) is 5.68. The largest absolute Gasteiger partial charge is 0.269 e. The Hall–Kier alpha value is -2.93. The van der Waals surface area contributed by atoms with Crippen molar-refractivity contribution >= 4 is 21.5 Å². The van der Waals surface area contributed by atoms with Crippen LogP contribution in [0.4, 0.5) is 11.5 Å². The number of nitro groups is 1. The Kier molecular flexibility index (Phi) is 3.60. The first kappa shape index (κ1) is 14.5. The number of benzene rings is 1. The molecule has 0 aliphatic carbocycles. The number of anilines is 1. The van der Waals surface area contributed by atoms with E-state index in [-0.39, 0.29) is 22.0 Å². The summed E-state index contributed by atoms with van der Waals surface area (Å²) in [6, 6.07) is 6.22. The molecule has 10 heteroatoms. The van der Waals surface area contributed by atoms with Crippen LogP contribution in [0.15, 0.2) is 35.4 Å². The van der Waals surface area contributed by atoms with Crippen molar-refractivity contribution in [3.8, 4) is 6.07 Å². The lowest BCUT2D eigenvalue weighted by molar-refractivity contribution is -0.384. The second-order valence-electron chi connectivity index (χ2n) is 4.00. The first-order chi connectivity index (χ1) is 9.85. The third kappa shape index (κ3) is 2.82. The zero-order chi connectivity index (χ0) is 15.6. The molecule has 1 aromatic carbocycles. The van der Waals surface area contributed by atoms with Crippen LogP contribution in [0.1, 0.15) is 5.56 Å². The number of rotatable bonds is 4. The van der Waals surface area contributed by atoms with Gasteiger partial charge < -0.3 is 0 Å². The summed E-state index contributed by atoms with van der Waals surface area (Å²) in [5.74, 6) is 0.0239. The van der Waals surface area contributed by atoms with Gasteiger partial charge in [-0.25, -0.2) is 8.42 Å². The Morgan fingerprint density at radius 1 is 1.38 bits per heavy atom. The zero-order valence-corrected chi connectivity index (χ0v) is 11.5. The predicted octanol–water partition coefficient (Wildman–Crippen LogP) is 1.00. The van der Waals surface area contributed by atoms with E-state index < -0.39 is 14.9 Å². The lowest BCUT2D eigenvalue weighted by atomic mass is 10.3. The van der Waals surface area contributed by atoms with E-state index in [2.05, 4.69) is 9.82 Å². The number of non-ortho nitro benzene ring substituents is 1. The summed E-state index contributed by atoms with van der Waals surface area (Å²) in [4.78, 5) is 9.76. The van der Waals surface area contributed by atoms with Gasteiger partial charge in [-0.1, -0.05) is 0 Å². The van der Waals surface area contributed by atoms with Crippen LogP contribution in [0.2, 0.25) is 0 Å². The second kappa shape index (κ2) is 5.22. The SMILES string of the molecule is Cn1ncc(C#N)c1NS(=O)(=O)c1ccc([N+](=O)[O-])cc1. The summed E-state index contributed by atoms with van der Waals surface area (Å²) < 4.78 is 27.8. The van der Waals surface area contributed by atoms with E-state index in [1.807, 2.05) is 6.07 Å². The van der Waals surface area contributed by atoms with Crippen LogP contribution in [0.25, 0.3) is 0 Å². The first-order valence-electron chi connectivity index (χ1n) is 5.54. The van der Waals surface area contributed by atoms with Crippen molar-refractivity contribution in [1.82, 2.24) is 9.78 Å². The van der Waals surface area contributed by atoms with Crippen molar-refractivity contribution in [2.24, 2.45) is 7.05 Å². The molecule has 0 aliphatic rings. The molecule has 0 saturated heterocycles. The highest BCUT2D eigenvalue weighted by molar-refractivity contribution is 7.92. The van der Waals surface area contributed by atoms with Gasteiger partial charge in [-0.05, 0) is 12.1 Å². The van der Waals surface area contributed by atoms with Gasteiger partial charge in [0, 0.05) is 19.2 Å². The molecular formula is C11H9N5O4S. The minimum absolute atomic E-state index is 0.0239. The maximum Gasteiger partial charge on any atom is 0.269 e. The first-order valence-corrected chi connectivity index (χ1v) is 7.03. The Bertz CT molecular complexity index is 832. The molecule has 1 N–H and O–H groups in total. The molecule has 1 aromatic heterocycles. The van der Waals surface area contributed by atoms with E-state index in [9.17, 15) is 18.5 Å². The Balaban J connectivity index is 2.37. The topological polar surface area (TPSA) is 131 Å². The van der Waals surface area contributed by atoms with Gasteiger partial charge in [-0.3, -0.25) is 19.5 Å². The van der Waals surface area contributed by atoms with Gasteiger partial charge in [0.25, 0.3) is 15.7 Å². The number of nitrogens with one attached hydrogen (secondary N) is 1. The molecule has 0 amide bonds. The van der Waals surface area contributed by atoms with Crippen molar-refractivity contribution in [1.29, 1.82) is 5.26 Å². The third-order valence-corrected chi connectivity index (χ3v) is 4.00. The van der Waals surface area contributed by atoms with Gasteiger partial charge in [0.1, 0.15) is 11.6 Å². The van der Waals surface area contributed by atoms with Crippen molar-refractivity contribution < 1.29 is 13.3 Å². The molecule has 0 unspecified atom stereocenters. The van der Waals surface area contributed by atoms with Crippen molar-refractivity contribution in [2.75, 3.05) is 4.72 Å². The van der Waals surface area contributed by atoms with Gasteiger partial charge in [0.15, 0.2) is 5.82 Å². The number of nitrogens with zero attached hydrogens (tertiary/aromatic N) is 4. The van der Waals surface area contributed by atoms with Crippen LogP contribution >= 0.6 is 0 Å². The summed E-state index contributed by atoms with van der Waals surface area (Å²) in [7, 11) is -2.48. The van der Waals surface area contributed by atoms with E-state index in [0.717, 1.165) is 24.3 Å². The van der Waals surface area contributed by atoms with Gasteiger partial charge in [-0.15, -0.1) is 0 Å². The predicted molar refractivity (Wildman–Crippen MR) is 71.8 cm³/mol. The lowest BCUT2D eigenvalue weighted by Crippen LogP contribution is -2.16. The molecule has 0 spiro atoms. The fourth-order valence-electron chi connectivity index (χ4n) is 1.57. The van der Waals surface area contributed by atoms with E-state index in [1.165, 1.54) is 17.9 Å². The lowest BCUT2D eigenvalue weighted by Gasteiger charge is -2.08. The van der Waals surface area contributed by atoms with Crippen LogP contribution in [0.5, 0.6) is 0 Å². The van der Waals surface area contributed by atoms with E-state index >= 15 is 0 Å². The highest BCUT2D eigenvalue weighted by Crippen LogP contribution is 2.20. The molecule has 0 aliphatic heterocycles. The maximum atomic E-state index is 12.2. The molecule has 2 aromatic rings. The van der Waals surface area contributed by atoms with Gasteiger partial charge in [-0.2, -0.15) is 10.4 Å². The van der Waals surface area contributed by atoms with E-state index in [4.69, 9.17) is 5.26 Å². The molecule has 108 valence electrons. The highest BCUT2D eigenvalue weighted by Gasteiger charge is 2.19. The molecular weight excluding hydrogens is 298 g/mol. The number of nitro benzene ring substituents is 1. The minimum atomic E-state index is -3.97. The van der Waals surface area contributed by atoms with E-state index in [1.54, 1.807) is 0 Å². The molecule has 0 atom stereocenters. The zero-order valence-electron chi connectivity index (χ0n) is 10.7.